The lowest BCUT2D eigenvalue weighted by atomic mass is 9.90. The van der Waals surface area contributed by atoms with Crippen molar-refractivity contribution >= 4 is 11.5 Å². The molecule has 0 spiro atoms. The molecule has 0 saturated heterocycles. The summed E-state index contributed by atoms with van der Waals surface area (Å²) in [7, 11) is 0. The number of hydrogen-bond acceptors (Lipinski definition) is 3. The average Bonchev–Trinajstić information content (AvgIpc) is 3.00. The molecule has 0 aliphatic heterocycles. The maximum Gasteiger partial charge on any atom is 0.341 e. The number of unbranched alkanes of at least 4 members (excludes halogenated alkanes) is 1. The summed E-state index contributed by atoms with van der Waals surface area (Å²) in [5.41, 5.74) is -0.845. The Morgan fingerprint density at radius 3 is 2.21 bits per heavy atom. The summed E-state index contributed by atoms with van der Waals surface area (Å²) in [4.78, 5) is 12.7. The van der Waals surface area contributed by atoms with Crippen LogP contribution >= 0.6 is 0 Å². The molecule has 1 aliphatic rings. The SMILES string of the molecule is CC=CCCc1ccc(C2=CCC(OC(=O)c3ccc(-c4ccc(OCCCC)c(F)c4F)c(F)c3F)CC2)c(F)c1F. The van der Waals surface area contributed by atoms with Crippen molar-refractivity contribution in [2.45, 2.75) is 64.9 Å². The molecule has 0 amide bonds. The van der Waals surface area contributed by atoms with Gasteiger partial charge >= 0.3 is 5.97 Å². The largest absolute Gasteiger partial charge is 0.490 e. The van der Waals surface area contributed by atoms with Crippen LogP contribution in [0.5, 0.6) is 5.75 Å². The van der Waals surface area contributed by atoms with Crippen molar-refractivity contribution in [1.29, 1.82) is 0 Å². The van der Waals surface area contributed by atoms with Crippen molar-refractivity contribution in [3.63, 3.8) is 0 Å². The lowest BCUT2D eigenvalue weighted by Crippen LogP contribution is -2.21. The third-order valence-electron chi connectivity index (χ3n) is 7.36. The summed E-state index contributed by atoms with van der Waals surface area (Å²) in [6.45, 7) is 3.92. The number of carbonyl (C=O) groups is 1. The van der Waals surface area contributed by atoms with E-state index in [0.717, 1.165) is 30.7 Å². The first kappa shape index (κ1) is 31.9. The molecule has 3 aromatic carbocycles. The smallest absolute Gasteiger partial charge is 0.341 e. The van der Waals surface area contributed by atoms with E-state index in [1.165, 1.54) is 6.07 Å². The number of halogens is 6. The highest BCUT2D eigenvalue weighted by atomic mass is 19.2. The standard InChI is InChI=1S/C34H32F6O3/c1-3-5-7-8-21-11-14-23(29(36)28(21)35)20-9-12-22(13-10-20)43-34(41)26-16-15-24(30(37)32(26)39)25-17-18-27(33(40)31(25)38)42-19-6-4-2/h3,5,9,11,14-18,22H,4,6-8,10,12-13,19H2,1-2H3. The van der Waals surface area contributed by atoms with E-state index in [0.29, 0.717) is 24.8 Å². The molecule has 3 nitrogen and oxygen atoms in total. The summed E-state index contributed by atoms with van der Waals surface area (Å²) in [5, 5.41) is 0. The van der Waals surface area contributed by atoms with Gasteiger partial charge in [-0.15, -0.1) is 0 Å². The van der Waals surface area contributed by atoms with Crippen molar-refractivity contribution in [3.8, 4) is 16.9 Å². The predicted molar refractivity (Wildman–Crippen MR) is 153 cm³/mol. The predicted octanol–water partition coefficient (Wildman–Crippen LogP) is 9.67. The minimum absolute atomic E-state index is 0.130. The van der Waals surface area contributed by atoms with Crippen LogP contribution in [-0.4, -0.2) is 18.7 Å². The zero-order valence-corrected chi connectivity index (χ0v) is 23.9. The molecule has 0 bridgehead atoms. The second-order valence-electron chi connectivity index (χ2n) is 10.3. The van der Waals surface area contributed by atoms with Crippen LogP contribution in [0.15, 0.2) is 54.6 Å². The first-order valence-corrected chi connectivity index (χ1v) is 14.2. The van der Waals surface area contributed by atoms with Crippen molar-refractivity contribution < 1.29 is 40.6 Å². The van der Waals surface area contributed by atoms with E-state index in [4.69, 9.17) is 9.47 Å². The van der Waals surface area contributed by atoms with Crippen LogP contribution in [-0.2, 0) is 11.2 Å². The second-order valence-corrected chi connectivity index (χ2v) is 10.3. The molecule has 43 heavy (non-hydrogen) atoms. The Hall–Kier alpha value is -4.01. The fraction of sp³-hybridized carbons (Fsp3) is 0.324. The fourth-order valence-corrected chi connectivity index (χ4v) is 4.91. The number of esters is 1. The lowest BCUT2D eigenvalue weighted by Gasteiger charge is -2.23. The van der Waals surface area contributed by atoms with Gasteiger partial charge < -0.3 is 9.47 Å². The molecule has 3 aromatic rings. The maximum atomic E-state index is 15.0. The number of rotatable bonds is 11. The fourth-order valence-electron chi connectivity index (χ4n) is 4.91. The van der Waals surface area contributed by atoms with Crippen LogP contribution < -0.4 is 4.74 Å². The Morgan fingerprint density at radius 1 is 0.860 bits per heavy atom. The average molecular weight is 603 g/mol. The first-order valence-electron chi connectivity index (χ1n) is 14.2. The zero-order valence-electron chi connectivity index (χ0n) is 23.9. The van der Waals surface area contributed by atoms with Crippen LogP contribution in [0.4, 0.5) is 26.3 Å². The molecule has 1 unspecified atom stereocenters. The molecule has 0 heterocycles. The van der Waals surface area contributed by atoms with Crippen LogP contribution in [0.1, 0.15) is 73.9 Å². The molecule has 228 valence electrons. The molecular formula is C34H32F6O3. The van der Waals surface area contributed by atoms with Crippen molar-refractivity contribution in [2.24, 2.45) is 0 Å². The highest BCUT2D eigenvalue weighted by molar-refractivity contribution is 5.91. The Balaban J connectivity index is 1.45. The maximum absolute atomic E-state index is 15.0. The zero-order chi connectivity index (χ0) is 31.1. The number of aryl methyl sites for hydroxylation is 1. The van der Waals surface area contributed by atoms with Crippen LogP contribution in [0.25, 0.3) is 16.7 Å². The topological polar surface area (TPSA) is 35.5 Å². The normalized spacial score (nSPS) is 15.1. The molecule has 1 aliphatic carbocycles. The third-order valence-corrected chi connectivity index (χ3v) is 7.36. The van der Waals surface area contributed by atoms with Crippen molar-refractivity contribution in [2.75, 3.05) is 6.61 Å². The molecule has 9 heteroatoms. The summed E-state index contributed by atoms with van der Waals surface area (Å²) < 4.78 is 99.1. The summed E-state index contributed by atoms with van der Waals surface area (Å²) >= 11 is 0. The quantitative estimate of drug-likeness (QED) is 0.0949. The Kier molecular flexibility index (Phi) is 10.7. The Morgan fingerprint density at radius 2 is 1.53 bits per heavy atom. The van der Waals surface area contributed by atoms with Gasteiger partial charge in [0.05, 0.1) is 12.2 Å². The van der Waals surface area contributed by atoms with Gasteiger partial charge in [-0.2, -0.15) is 4.39 Å². The lowest BCUT2D eigenvalue weighted by molar-refractivity contribution is 0.0279. The van der Waals surface area contributed by atoms with Gasteiger partial charge in [0, 0.05) is 23.1 Å². The van der Waals surface area contributed by atoms with Crippen LogP contribution in [0.2, 0.25) is 0 Å². The molecule has 0 radical (unpaired) electrons. The summed E-state index contributed by atoms with van der Waals surface area (Å²) in [6, 6.07) is 7.22. The number of hydrogen-bond donors (Lipinski definition) is 0. The van der Waals surface area contributed by atoms with Crippen molar-refractivity contribution in [3.05, 3.63) is 106 Å². The second kappa shape index (κ2) is 14.4. The highest BCUT2D eigenvalue weighted by Gasteiger charge is 2.27. The summed E-state index contributed by atoms with van der Waals surface area (Å²) in [5.74, 6) is -9.15. The Labute approximate surface area is 246 Å². The first-order chi connectivity index (χ1) is 20.7. The molecule has 0 N–H and O–H groups in total. The van der Waals surface area contributed by atoms with E-state index in [2.05, 4.69) is 0 Å². The molecular weight excluding hydrogens is 570 g/mol. The van der Waals surface area contributed by atoms with Gasteiger partial charge in [-0.3, -0.25) is 0 Å². The molecule has 1 atom stereocenters. The van der Waals surface area contributed by atoms with Gasteiger partial charge in [-0.05, 0) is 68.4 Å². The van der Waals surface area contributed by atoms with Gasteiger partial charge in [0.1, 0.15) is 6.10 Å². The van der Waals surface area contributed by atoms with E-state index >= 15 is 0 Å². The van der Waals surface area contributed by atoms with E-state index in [1.54, 1.807) is 12.1 Å². The van der Waals surface area contributed by atoms with Crippen LogP contribution in [0.3, 0.4) is 0 Å². The number of ether oxygens (including phenoxy) is 2. The van der Waals surface area contributed by atoms with Crippen molar-refractivity contribution in [1.82, 2.24) is 0 Å². The van der Waals surface area contributed by atoms with E-state index in [9.17, 15) is 31.1 Å². The molecule has 4 rings (SSSR count). The molecule has 0 fully saturated rings. The van der Waals surface area contributed by atoms with Gasteiger partial charge in [0.25, 0.3) is 0 Å². The van der Waals surface area contributed by atoms with Gasteiger partial charge in [0.2, 0.25) is 5.82 Å². The van der Waals surface area contributed by atoms with Gasteiger partial charge in [0.15, 0.2) is 34.8 Å². The molecule has 0 aromatic heterocycles. The number of benzene rings is 3. The number of allylic oxidation sites excluding steroid dienone is 3. The number of carbonyl (C=O) groups excluding carboxylic acids is 1. The minimum atomic E-state index is -1.57. The van der Waals surface area contributed by atoms with E-state index in [-0.39, 0.29) is 42.7 Å². The van der Waals surface area contributed by atoms with E-state index < -0.39 is 63.7 Å². The van der Waals surface area contributed by atoms with Crippen LogP contribution in [0, 0.1) is 34.9 Å². The van der Waals surface area contributed by atoms with E-state index in [1.807, 2.05) is 26.0 Å². The highest BCUT2D eigenvalue weighted by Crippen LogP contribution is 2.35. The van der Waals surface area contributed by atoms with Gasteiger partial charge in [-0.1, -0.05) is 49.8 Å². The van der Waals surface area contributed by atoms with Gasteiger partial charge in [-0.25, -0.2) is 26.7 Å². The molecule has 0 saturated carbocycles. The summed E-state index contributed by atoms with van der Waals surface area (Å²) in [6.07, 6.45) is 7.68. The monoisotopic (exact) mass is 602 g/mol. The Bertz CT molecular complexity index is 1550. The minimum Gasteiger partial charge on any atom is -0.490 e. The third kappa shape index (κ3) is 7.14.